The monoisotopic (exact) mass is 318 g/mol. The number of carbonyl (C=O) groups excluding carboxylic acids is 1. The van der Waals surface area contributed by atoms with Gasteiger partial charge in [-0.25, -0.2) is 4.98 Å². The molecule has 0 aliphatic carbocycles. The number of furan rings is 1. The van der Waals surface area contributed by atoms with Gasteiger partial charge in [-0.3, -0.25) is 4.79 Å². The van der Waals surface area contributed by atoms with Gasteiger partial charge in [0, 0.05) is 32.5 Å². The van der Waals surface area contributed by atoms with Gasteiger partial charge in [-0.2, -0.15) is 5.26 Å². The predicted octanol–water partition coefficient (Wildman–Crippen LogP) is 2.68. The summed E-state index contributed by atoms with van der Waals surface area (Å²) in [5.41, 5.74) is 0. The lowest BCUT2D eigenvalue weighted by atomic mass is 10.2. The molecule has 0 N–H and O–H groups in total. The molecule has 1 amide bonds. The number of amides is 1. The number of aromatic nitrogens is 2. The number of imidazole rings is 1. The van der Waals surface area contributed by atoms with Crippen LogP contribution in [0.25, 0.3) is 0 Å². The Morgan fingerprint density at radius 2 is 2.36 bits per heavy atom. The molecule has 2 heterocycles. The lowest BCUT2D eigenvalue weighted by Crippen LogP contribution is -2.34. The second-order valence-electron chi connectivity index (χ2n) is 5.00. The second kappa shape index (κ2) is 7.18. The summed E-state index contributed by atoms with van der Waals surface area (Å²) >= 11 is 1.54. The summed E-state index contributed by atoms with van der Waals surface area (Å²) in [5, 5.41) is 9.60. The first kappa shape index (κ1) is 16.2. The van der Waals surface area contributed by atoms with E-state index in [0.717, 1.165) is 10.9 Å². The van der Waals surface area contributed by atoms with Gasteiger partial charge in [0.05, 0.1) is 18.2 Å². The summed E-state index contributed by atoms with van der Waals surface area (Å²) in [6.45, 7) is 1.84. The number of thioether (sulfide) groups is 1. The van der Waals surface area contributed by atoms with E-state index < -0.39 is 0 Å². The van der Waals surface area contributed by atoms with Crippen LogP contribution in [-0.2, 0) is 12.8 Å². The highest BCUT2D eigenvalue weighted by molar-refractivity contribution is 7.98. The molecule has 0 saturated heterocycles. The molecule has 2 aromatic rings. The van der Waals surface area contributed by atoms with Crippen molar-refractivity contribution < 1.29 is 9.21 Å². The minimum absolute atomic E-state index is 0.145. The van der Waals surface area contributed by atoms with E-state index in [2.05, 4.69) is 11.1 Å². The van der Waals surface area contributed by atoms with Gasteiger partial charge in [0.25, 0.3) is 5.91 Å². The molecule has 0 bridgehead atoms. The third-order valence-electron chi connectivity index (χ3n) is 3.36. The van der Waals surface area contributed by atoms with Crippen LogP contribution >= 0.6 is 11.8 Å². The van der Waals surface area contributed by atoms with Gasteiger partial charge in [-0.05, 0) is 19.1 Å². The Morgan fingerprint density at radius 1 is 1.59 bits per heavy atom. The largest absolute Gasteiger partial charge is 0.455 e. The minimum atomic E-state index is -0.212. The van der Waals surface area contributed by atoms with Crippen molar-refractivity contribution in [3.8, 4) is 6.07 Å². The van der Waals surface area contributed by atoms with Crippen LogP contribution in [0.15, 0.2) is 34.1 Å². The normalized spacial score (nSPS) is 11.9. The molecule has 0 aliphatic rings. The van der Waals surface area contributed by atoms with Crippen molar-refractivity contribution in [2.75, 3.05) is 7.05 Å². The van der Waals surface area contributed by atoms with Crippen LogP contribution in [0.4, 0.5) is 0 Å². The van der Waals surface area contributed by atoms with E-state index in [9.17, 15) is 4.79 Å². The average molecular weight is 318 g/mol. The van der Waals surface area contributed by atoms with Crippen molar-refractivity contribution in [3.63, 3.8) is 0 Å². The Balaban J connectivity index is 1.97. The van der Waals surface area contributed by atoms with Crippen molar-refractivity contribution in [3.05, 3.63) is 36.0 Å². The summed E-state index contributed by atoms with van der Waals surface area (Å²) in [5.74, 6) is 1.41. The number of aryl methyl sites for hydroxylation is 1. The number of rotatable bonds is 6. The second-order valence-corrected chi connectivity index (χ2v) is 5.95. The van der Waals surface area contributed by atoms with Crippen molar-refractivity contribution in [1.82, 2.24) is 14.5 Å². The van der Waals surface area contributed by atoms with E-state index in [1.807, 2.05) is 24.7 Å². The number of hydrogen-bond donors (Lipinski definition) is 0. The average Bonchev–Trinajstić information content (AvgIpc) is 3.13. The van der Waals surface area contributed by atoms with Gasteiger partial charge in [0.2, 0.25) is 0 Å². The Bertz CT molecular complexity index is 686. The standard InChI is InChI=1S/C15H18N4O2S/c1-11(6-7-16)19(3)14(20)13-5-4-12(21-13)10-22-15-17-8-9-18(15)2/h4-5,8-9,11H,6,10H2,1-3H3. The lowest BCUT2D eigenvalue weighted by molar-refractivity contribution is 0.0712. The van der Waals surface area contributed by atoms with E-state index in [4.69, 9.17) is 9.68 Å². The molecular weight excluding hydrogens is 300 g/mol. The third kappa shape index (κ3) is 3.71. The fourth-order valence-corrected chi connectivity index (χ4v) is 2.67. The van der Waals surface area contributed by atoms with Crippen LogP contribution in [0.1, 0.15) is 29.7 Å². The fourth-order valence-electron chi connectivity index (χ4n) is 1.84. The Kier molecular flexibility index (Phi) is 5.28. The maximum Gasteiger partial charge on any atom is 0.289 e. The smallest absolute Gasteiger partial charge is 0.289 e. The summed E-state index contributed by atoms with van der Waals surface area (Å²) in [6.07, 6.45) is 3.92. The SMILES string of the molecule is CC(CC#N)N(C)C(=O)c1ccc(CSc2nccn2C)o1. The summed E-state index contributed by atoms with van der Waals surface area (Å²) in [7, 11) is 3.60. The number of nitriles is 1. The summed E-state index contributed by atoms with van der Waals surface area (Å²) in [6, 6.07) is 5.39. The molecule has 0 aromatic carbocycles. The van der Waals surface area contributed by atoms with Crippen molar-refractivity contribution in [2.45, 2.75) is 30.3 Å². The molecule has 0 radical (unpaired) electrons. The number of nitrogens with zero attached hydrogens (tertiary/aromatic N) is 4. The molecule has 116 valence electrons. The molecule has 22 heavy (non-hydrogen) atoms. The van der Waals surface area contributed by atoms with Gasteiger partial charge < -0.3 is 13.9 Å². The zero-order valence-electron chi connectivity index (χ0n) is 12.8. The molecule has 7 heteroatoms. The highest BCUT2D eigenvalue weighted by atomic mass is 32.2. The van der Waals surface area contributed by atoms with Gasteiger partial charge in [-0.15, -0.1) is 0 Å². The lowest BCUT2D eigenvalue weighted by Gasteiger charge is -2.21. The van der Waals surface area contributed by atoms with Crippen LogP contribution < -0.4 is 0 Å². The first-order chi connectivity index (χ1) is 10.5. The molecular formula is C15H18N4O2S. The summed E-state index contributed by atoms with van der Waals surface area (Å²) < 4.78 is 7.53. The van der Waals surface area contributed by atoms with E-state index in [-0.39, 0.29) is 11.9 Å². The van der Waals surface area contributed by atoms with E-state index in [1.165, 1.54) is 4.90 Å². The van der Waals surface area contributed by atoms with E-state index >= 15 is 0 Å². The van der Waals surface area contributed by atoms with Crippen molar-refractivity contribution in [1.29, 1.82) is 5.26 Å². The van der Waals surface area contributed by atoms with Gasteiger partial charge in [0.1, 0.15) is 5.76 Å². The highest BCUT2D eigenvalue weighted by Gasteiger charge is 2.20. The maximum atomic E-state index is 12.3. The molecule has 1 unspecified atom stereocenters. The molecule has 0 fully saturated rings. The molecule has 0 aliphatic heterocycles. The van der Waals surface area contributed by atoms with Crippen LogP contribution in [0.3, 0.4) is 0 Å². The Labute approximate surface area is 133 Å². The van der Waals surface area contributed by atoms with E-state index in [1.54, 1.807) is 37.1 Å². The van der Waals surface area contributed by atoms with Gasteiger partial charge >= 0.3 is 0 Å². The highest BCUT2D eigenvalue weighted by Crippen LogP contribution is 2.22. The Morgan fingerprint density at radius 3 is 3.00 bits per heavy atom. The molecule has 0 spiro atoms. The molecule has 0 saturated carbocycles. The maximum absolute atomic E-state index is 12.3. The molecule has 6 nitrogen and oxygen atoms in total. The minimum Gasteiger partial charge on any atom is -0.455 e. The zero-order valence-corrected chi connectivity index (χ0v) is 13.6. The van der Waals surface area contributed by atoms with Gasteiger partial charge in [0.15, 0.2) is 10.9 Å². The topological polar surface area (TPSA) is 75.1 Å². The predicted molar refractivity (Wildman–Crippen MR) is 83.3 cm³/mol. The van der Waals surface area contributed by atoms with Crippen molar-refractivity contribution in [2.24, 2.45) is 7.05 Å². The fraction of sp³-hybridized carbons (Fsp3) is 0.400. The quantitative estimate of drug-likeness (QED) is 0.765. The zero-order chi connectivity index (χ0) is 16.1. The molecule has 2 aromatic heterocycles. The number of hydrogen-bond acceptors (Lipinski definition) is 5. The van der Waals surface area contributed by atoms with Crippen LogP contribution in [0.2, 0.25) is 0 Å². The van der Waals surface area contributed by atoms with Crippen LogP contribution in [0.5, 0.6) is 0 Å². The Hall–Kier alpha value is -2.20. The summed E-state index contributed by atoms with van der Waals surface area (Å²) in [4.78, 5) is 18.0. The molecule has 1 atom stereocenters. The van der Waals surface area contributed by atoms with Gasteiger partial charge in [-0.1, -0.05) is 11.8 Å². The third-order valence-corrected chi connectivity index (χ3v) is 4.44. The van der Waals surface area contributed by atoms with Crippen LogP contribution in [-0.4, -0.2) is 33.4 Å². The first-order valence-corrected chi connectivity index (χ1v) is 7.84. The van der Waals surface area contributed by atoms with Crippen LogP contribution in [0, 0.1) is 11.3 Å². The molecule has 2 rings (SSSR count). The van der Waals surface area contributed by atoms with E-state index in [0.29, 0.717) is 17.9 Å². The first-order valence-electron chi connectivity index (χ1n) is 6.86. The van der Waals surface area contributed by atoms with Crippen molar-refractivity contribution >= 4 is 17.7 Å². The number of carbonyl (C=O) groups is 1.